The van der Waals surface area contributed by atoms with Gasteiger partial charge in [-0.2, -0.15) is 0 Å². The molecule has 2 aliphatic rings. The van der Waals surface area contributed by atoms with Gasteiger partial charge >= 0.3 is 0 Å². The van der Waals surface area contributed by atoms with Crippen LogP contribution in [0, 0.1) is 11.7 Å². The van der Waals surface area contributed by atoms with Gasteiger partial charge in [-0.1, -0.05) is 6.07 Å². The van der Waals surface area contributed by atoms with Crippen molar-refractivity contribution in [3.05, 3.63) is 35.1 Å². The molecule has 0 spiro atoms. The highest BCUT2D eigenvalue weighted by Gasteiger charge is 2.28. The van der Waals surface area contributed by atoms with Crippen LogP contribution in [0.1, 0.15) is 30.0 Å². The highest BCUT2D eigenvalue weighted by molar-refractivity contribution is 5.80. The number of benzene rings is 1. The van der Waals surface area contributed by atoms with E-state index in [-0.39, 0.29) is 23.7 Å². The predicted molar refractivity (Wildman–Crippen MR) is 66.6 cm³/mol. The average Bonchev–Trinajstić information content (AvgIpc) is 2.26. The van der Waals surface area contributed by atoms with Gasteiger partial charge in [-0.05, 0) is 42.5 Å². The zero-order valence-corrected chi connectivity index (χ0v) is 10.2. The SMILES string of the molecule is O=C(NC1CCCc2cc(F)ccc21)C1CNC1. The van der Waals surface area contributed by atoms with Crippen molar-refractivity contribution in [2.45, 2.75) is 25.3 Å². The minimum atomic E-state index is -0.191. The van der Waals surface area contributed by atoms with Gasteiger partial charge in [-0.3, -0.25) is 4.79 Å². The lowest BCUT2D eigenvalue weighted by atomic mass is 9.87. The van der Waals surface area contributed by atoms with Crippen LogP contribution in [0.25, 0.3) is 0 Å². The van der Waals surface area contributed by atoms with Crippen LogP contribution >= 0.6 is 0 Å². The summed E-state index contributed by atoms with van der Waals surface area (Å²) in [4.78, 5) is 11.9. The summed E-state index contributed by atoms with van der Waals surface area (Å²) in [6.45, 7) is 1.55. The number of nitrogens with one attached hydrogen (secondary N) is 2. The fourth-order valence-corrected chi connectivity index (χ4v) is 2.70. The van der Waals surface area contributed by atoms with Crippen LogP contribution in [-0.4, -0.2) is 19.0 Å². The maximum atomic E-state index is 13.2. The van der Waals surface area contributed by atoms with Crippen LogP contribution in [0.2, 0.25) is 0 Å². The number of carbonyl (C=O) groups is 1. The van der Waals surface area contributed by atoms with Crippen molar-refractivity contribution >= 4 is 5.91 Å². The molecule has 1 saturated heterocycles. The zero-order chi connectivity index (χ0) is 12.5. The lowest BCUT2D eigenvalue weighted by molar-refractivity contribution is -0.127. The molecule has 0 radical (unpaired) electrons. The van der Waals surface area contributed by atoms with E-state index < -0.39 is 0 Å². The third-order valence-corrected chi connectivity index (χ3v) is 3.89. The van der Waals surface area contributed by atoms with E-state index in [4.69, 9.17) is 0 Å². The van der Waals surface area contributed by atoms with Gasteiger partial charge < -0.3 is 10.6 Å². The number of fused-ring (bicyclic) bond motifs is 1. The zero-order valence-electron chi connectivity index (χ0n) is 10.2. The lowest BCUT2D eigenvalue weighted by Crippen LogP contribution is -2.51. The summed E-state index contributed by atoms with van der Waals surface area (Å²) in [5.74, 6) is 0.0377. The molecule has 1 aliphatic heterocycles. The van der Waals surface area contributed by atoms with E-state index in [2.05, 4.69) is 10.6 Å². The number of halogens is 1. The van der Waals surface area contributed by atoms with Gasteiger partial charge in [0.05, 0.1) is 12.0 Å². The molecule has 0 saturated carbocycles. The molecule has 1 aromatic carbocycles. The Morgan fingerprint density at radius 3 is 2.94 bits per heavy atom. The number of hydrogen-bond acceptors (Lipinski definition) is 2. The van der Waals surface area contributed by atoms with Crippen LogP contribution in [0.15, 0.2) is 18.2 Å². The Morgan fingerprint density at radius 1 is 1.39 bits per heavy atom. The van der Waals surface area contributed by atoms with E-state index in [1.807, 2.05) is 6.07 Å². The molecule has 1 aromatic rings. The molecule has 1 unspecified atom stereocenters. The fraction of sp³-hybridized carbons (Fsp3) is 0.500. The summed E-state index contributed by atoms with van der Waals surface area (Å²) in [6, 6.07) is 4.95. The van der Waals surface area contributed by atoms with E-state index in [1.54, 1.807) is 6.07 Å². The molecule has 1 amide bonds. The quantitative estimate of drug-likeness (QED) is 0.833. The van der Waals surface area contributed by atoms with Crippen molar-refractivity contribution in [2.75, 3.05) is 13.1 Å². The van der Waals surface area contributed by atoms with Gasteiger partial charge in [0.25, 0.3) is 0 Å². The number of carbonyl (C=O) groups excluding carboxylic acids is 1. The number of rotatable bonds is 2. The third-order valence-electron chi connectivity index (χ3n) is 3.89. The van der Waals surface area contributed by atoms with Gasteiger partial charge in [0.1, 0.15) is 5.82 Å². The maximum absolute atomic E-state index is 13.2. The van der Waals surface area contributed by atoms with Crippen molar-refractivity contribution in [3.8, 4) is 0 Å². The van der Waals surface area contributed by atoms with Crippen molar-refractivity contribution in [3.63, 3.8) is 0 Å². The molecule has 1 aliphatic carbocycles. The van der Waals surface area contributed by atoms with Gasteiger partial charge in [0, 0.05) is 13.1 Å². The van der Waals surface area contributed by atoms with Gasteiger partial charge in [0.15, 0.2) is 0 Å². The van der Waals surface area contributed by atoms with Crippen molar-refractivity contribution < 1.29 is 9.18 Å². The van der Waals surface area contributed by atoms with E-state index in [0.29, 0.717) is 0 Å². The molecule has 18 heavy (non-hydrogen) atoms. The third kappa shape index (κ3) is 2.12. The first-order valence-corrected chi connectivity index (χ1v) is 6.53. The van der Waals surface area contributed by atoms with Crippen molar-refractivity contribution in [1.82, 2.24) is 10.6 Å². The Bertz CT molecular complexity index is 471. The second-order valence-electron chi connectivity index (χ2n) is 5.15. The molecule has 4 heteroatoms. The Kier molecular flexibility index (Phi) is 3.04. The molecule has 3 nitrogen and oxygen atoms in total. The minimum absolute atomic E-state index is 0.0578. The van der Waals surface area contributed by atoms with Crippen molar-refractivity contribution in [2.24, 2.45) is 5.92 Å². The second-order valence-corrected chi connectivity index (χ2v) is 5.15. The highest BCUT2D eigenvalue weighted by Crippen LogP contribution is 2.30. The van der Waals surface area contributed by atoms with Crippen LogP contribution in [0.4, 0.5) is 4.39 Å². The topological polar surface area (TPSA) is 41.1 Å². The van der Waals surface area contributed by atoms with E-state index >= 15 is 0 Å². The normalized spacial score (nSPS) is 23.1. The average molecular weight is 248 g/mol. The molecule has 0 bridgehead atoms. The summed E-state index contributed by atoms with van der Waals surface area (Å²) in [7, 11) is 0. The Balaban J connectivity index is 1.76. The van der Waals surface area contributed by atoms with Crippen LogP contribution in [-0.2, 0) is 11.2 Å². The standard InChI is InChI=1S/C14H17FN2O/c15-11-4-5-12-9(6-11)2-1-3-13(12)17-14(18)10-7-16-8-10/h4-6,10,13,16H,1-3,7-8H2,(H,17,18). The smallest absolute Gasteiger partial charge is 0.226 e. The number of amides is 1. The largest absolute Gasteiger partial charge is 0.349 e. The van der Waals surface area contributed by atoms with Crippen LogP contribution < -0.4 is 10.6 Å². The molecule has 0 aromatic heterocycles. The first-order valence-electron chi connectivity index (χ1n) is 6.53. The molecule has 1 fully saturated rings. The van der Waals surface area contributed by atoms with Crippen LogP contribution in [0.5, 0.6) is 0 Å². The summed E-state index contributed by atoms with van der Waals surface area (Å²) in [5.41, 5.74) is 2.13. The Labute approximate surface area is 106 Å². The predicted octanol–water partition coefficient (Wildman–Crippen LogP) is 1.54. The lowest BCUT2D eigenvalue weighted by Gasteiger charge is -2.31. The van der Waals surface area contributed by atoms with E-state index in [9.17, 15) is 9.18 Å². The van der Waals surface area contributed by atoms with E-state index in [1.165, 1.54) is 6.07 Å². The Morgan fingerprint density at radius 2 is 2.22 bits per heavy atom. The summed E-state index contributed by atoms with van der Waals surface area (Å²) >= 11 is 0. The summed E-state index contributed by atoms with van der Waals surface area (Å²) < 4.78 is 13.2. The highest BCUT2D eigenvalue weighted by atomic mass is 19.1. The van der Waals surface area contributed by atoms with Gasteiger partial charge in [-0.15, -0.1) is 0 Å². The van der Waals surface area contributed by atoms with Crippen LogP contribution in [0.3, 0.4) is 0 Å². The molecule has 1 heterocycles. The fourth-order valence-electron chi connectivity index (χ4n) is 2.70. The van der Waals surface area contributed by atoms with Crippen molar-refractivity contribution in [1.29, 1.82) is 0 Å². The minimum Gasteiger partial charge on any atom is -0.349 e. The van der Waals surface area contributed by atoms with E-state index in [0.717, 1.165) is 43.5 Å². The van der Waals surface area contributed by atoms with Gasteiger partial charge in [0.2, 0.25) is 5.91 Å². The summed E-state index contributed by atoms with van der Waals surface area (Å²) in [6.07, 6.45) is 2.86. The first kappa shape index (κ1) is 11.7. The monoisotopic (exact) mass is 248 g/mol. The molecule has 3 rings (SSSR count). The second kappa shape index (κ2) is 4.69. The molecule has 1 atom stereocenters. The molecular weight excluding hydrogens is 231 g/mol. The molecular formula is C14H17FN2O. The summed E-state index contributed by atoms with van der Waals surface area (Å²) in [5, 5.41) is 6.19. The Hall–Kier alpha value is -1.42. The molecule has 2 N–H and O–H groups in total. The molecule has 96 valence electrons. The number of hydrogen-bond donors (Lipinski definition) is 2. The number of aryl methyl sites for hydroxylation is 1. The van der Waals surface area contributed by atoms with Gasteiger partial charge in [-0.25, -0.2) is 4.39 Å². The maximum Gasteiger partial charge on any atom is 0.226 e. The first-order chi connectivity index (χ1) is 8.74.